The molecule has 0 fully saturated rings. The molecule has 0 radical (unpaired) electrons. The molecule has 182 valence electrons. The summed E-state index contributed by atoms with van der Waals surface area (Å²) < 4.78 is 46.3. The second-order valence-corrected chi connectivity index (χ2v) is 8.36. The van der Waals surface area contributed by atoms with Gasteiger partial charge in [0.2, 0.25) is 0 Å². The van der Waals surface area contributed by atoms with E-state index in [0.717, 1.165) is 36.2 Å². The number of hydrogen-bond donors (Lipinski definition) is 1. The van der Waals surface area contributed by atoms with Crippen LogP contribution in [0.2, 0.25) is 0 Å². The van der Waals surface area contributed by atoms with Gasteiger partial charge >= 0.3 is 0 Å². The van der Waals surface area contributed by atoms with E-state index in [1.807, 2.05) is 38.4 Å². The van der Waals surface area contributed by atoms with Crippen molar-refractivity contribution in [2.24, 2.45) is 0 Å². The Labute approximate surface area is 202 Å². The van der Waals surface area contributed by atoms with Crippen LogP contribution in [-0.4, -0.2) is 47.1 Å². The average molecular weight is 482 g/mol. The molecule has 0 saturated carbocycles. The van der Waals surface area contributed by atoms with Crippen LogP contribution in [0, 0.1) is 17.5 Å². The topological polar surface area (TPSA) is 53.5 Å². The maximum atomic E-state index is 13.7. The van der Waals surface area contributed by atoms with Crippen LogP contribution in [0.1, 0.15) is 17.5 Å². The molecule has 0 amide bonds. The van der Waals surface area contributed by atoms with Gasteiger partial charge in [-0.15, -0.1) is 0 Å². The van der Waals surface area contributed by atoms with Crippen molar-refractivity contribution in [1.29, 1.82) is 0 Å². The maximum absolute atomic E-state index is 13.7. The fourth-order valence-electron chi connectivity index (χ4n) is 3.55. The molecule has 4 rings (SSSR count). The van der Waals surface area contributed by atoms with Gasteiger partial charge in [0.05, 0.1) is 31.2 Å². The highest BCUT2D eigenvalue weighted by Gasteiger charge is 2.15. The van der Waals surface area contributed by atoms with Gasteiger partial charge in [0.25, 0.3) is 0 Å². The molecule has 0 saturated heterocycles. The van der Waals surface area contributed by atoms with Gasteiger partial charge in [0.1, 0.15) is 0 Å². The standard InChI is InChI=1S/C26H26F3N5O/c1-33(2)9-5-11-35-21-15-30-26(31-16-21)19-7-3-6-18(12-19)17-34-10-4-8-24(32-34)20-13-22(27)25(29)23(28)14-20/h3-4,6-8,10,12-16,32H,5,9,11,17H2,1-2H3. The number of nitrogens with zero attached hydrogens (tertiary/aromatic N) is 4. The lowest BCUT2D eigenvalue weighted by atomic mass is 10.1. The molecule has 3 aromatic rings. The fraction of sp³-hybridized carbons (Fsp3) is 0.231. The Morgan fingerprint density at radius 1 is 1.00 bits per heavy atom. The van der Waals surface area contributed by atoms with E-state index >= 15 is 0 Å². The normalized spacial score (nSPS) is 13.1. The van der Waals surface area contributed by atoms with Crippen LogP contribution in [0.25, 0.3) is 17.1 Å². The zero-order valence-corrected chi connectivity index (χ0v) is 19.5. The minimum absolute atomic E-state index is 0.210. The fourth-order valence-corrected chi connectivity index (χ4v) is 3.55. The number of nitrogens with one attached hydrogen (secondary N) is 1. The number of ether oxygens (including phenoxy) is 1. The quantitative estimate of drug-likeness (QED) is 0.351. The van der Waals surface area contributed by atoms with E-state index in [1.54, 1.807) is 35.8 Å². The maximum Gasteiger partial charge on any atom is 0.194 e. The van der Waals surface area contributed by atoms with Crippen LogP contribution in [0.5, 0.6) is 5.75 Å². The molecule has 0 spiro atoms. The van der Waals surface area contributed by atoms with Crippen LogP contribution in [0.15, 0.2) is 67.1 Å². The number of rotatable bonds is 9. The number of hydrogen-bond acceptors (Lipinski definition) is 6. The largest absolute Gasteiger partial charge is 0.490 e. The first-order chi connectivity index (χ1) is 16.9. The molecule has 1 aliphatic rings. The molecule has 6 nitrogen and oxygen atoms in total. The van der Waals surface area contributed by atoms with Crippen molar-refractivity contribution in [3.63, 3.8) is 0 Å². The Hall–Kier alpha value is -3.85. The number of hydrazine groups is 1. The van der Waals surface area contributed by atoms with E-state index in [9.17, 15) is 13.2 Å². The second-order valence-electron chi connectivity index (χ2n) is 8.36. The van der Waals surface area contributed by atoms with E-state index in [4.69, 9.17) is 4.74 Å². The summed E-state index contributed by atoms with van der Waals surface area (Å²) in [6.07, 6.45) is 9.45. The minimum atomic E-state index is -1.49. The van der Waals surface area contributed by atoms with Gasteiger partial charge in [-0.2, -0.15) is 0 Å². The Morgan fingerprint density at radius 2 is 1.74 bits per heavy atom. The van der Waals surface area contributed by atoms with E-state index in [-0.39, 0.29) is 5.56 Å². The van der Waals surface area contributed by atoms with Crippen LogP contribution >= 0.6 is 0 Å². The van der Waals surface area contributed by atoms with E-state index in [1.165, 1.54) is 0 Å². The lowest BCUT2D eigenvalue weighted by molar-refractivity contribution is 0.280. The first-order valence-corrected chi connectivity index (χ1v) is 11.1. The molecule has 35 heavy (non-hydrogen) atoms. The second kappa shape index (κ2) is 11.1. The molecule has 2 aromatic carbocycles. The summed E-state index contributed by atoms with van der Waals surface area (Å²) in [4.78, 5) is 11.0. The highest BCUT2D eigenvalue weighted by molar-refractivity contribution is 5.66. The third-order valence-electron chi connectivity index (χ3n) is 5.27. The van der Waals surface area contributed by atoms with E-state index < -0.39 is 17.5 Å². The third kappa shape index (κ3) is 6.39. The zero-order chi connectivity index (χ0) is 24.8. The molecule has 0 atom stereocenters. The van der Waals surface area contributed by atoms with Gasteiger partial charge in [0.15, 0.2) is 29.0 Å². The summed E-state index contributed by atoms with van der Waals surface area (Å²) in [6.45, 7) is 2.00. The highest BCUT2D eigenvalue weighted by atomic mass is 19.2. The van der Waals surface area contributed by atoms with Crippen LogP contribution in [-0.2, 0) is 6.54 Å². The molecule has 0 bridgehead atoms. The Balaban J connectivity index is 1.39. The van der Waals surface area contributed by atoms with Crippen LogP contribution in [0.4, 0.5) is 13.2 Å². The predicted molar refractivity (Wildman–Crippen MR) is 128 cm³/mol. The van der Waals surface area contributed by atoms with Gasteiger partial charge in [-0.1, -0.05) is 18.2 Å². The summed E-state index contributed by atoms with van der Waals surface area (Å²) in [7, 11) is 4.04. The van der Waals surface area contributed by atoms with Crippen molar-refractivity contribution in [2.75, 3.05) is 27.2 Å². The molecule has 0 unspecified atom stereocenters. The smallest absolute Gasteiger partial charge is 0.194 e. The monoisotopic (exact) mass is 481 g/mol. The molecular formula is C26H26F3N5O. The summed E-state index contributed by atoms with van der Waals surface area (Å²) in [5.74, 6) is -2.75. The average Bonchev–Trinajstić information content (AvgIpc) is 2.85. The Morgan fingerprint density at radius 3 is 2.46 bits per heavy atom. The van der Waals surface area contributed by atoms with Gasteiger partial charge in [-0.25, -0.2) is 23.1 Å². The first kappa shape index (κ1) is 24.3. The van der Waals surface area contributed by atoms with Gasteiger partial charge < -0.3 is 9.64 Å². The number of halogens is 3. The SMILES string of the molecule is CN(C)CCCOc1cnc(-c2cccc(CN3C=CC=C(c4cc(F)c(F)c(F)c4)N3)c2)nc1. The van der Waals surface area contributed by atoms with Gasteiger partial charge in [-0.3, -0.25) is 10.4 Å². The third-order valence-corrected chi connectivity index (χ3v) is 5.27. The predicted octanol–water partition coefficient (Wildman–Crippen LogP) is 4.77. The van der Waals surface area contributed by atoms with E-state index in [2.05, 4.69) is 20.3 Å². The first-order valence-electron chi connectivity index (χ1n) is 11.1. The van der Waals surface area contributed by atoms with Gasteiger partial charge in [-0.05, 0) is 56.4 Å². The molecule has 9 heteroatoms. The van der Waals surface area contributed by atoms with E-state index in [0.29, 0.717) is 30.4 Å². The Bertz CT molecular complexity index is 1200. The molecular weight excluding hydrogens is 455 g/mol. The van der Waals surface area contributed by atoms with Crippen molar-refractivity contribution >= 4 is 5.70 Å². The lowest BCUT2D eigenvalue weighted by Crippen LogP contribution is -2.33. The summed E-state index contributed by atoms with van der Waals surface area (Å²) >= 11 is 0. The summed E-state index contributed by atoms with van der Waals surface area (Å²) in [5, 5.41) is 1.76. The van der Waals surface area contributed by atoms with Crippen LogP contribution in [0.3, 0.4) is 0 Å². The molecule has 1 aromatic heterocycles. The minimum Gasteiger partial charge on any atom is -0.490 e. The van der Waals surface area contributed by atoms with Crippen LogP contribution < -0.4 is 10.2 Å². The van der Waals surface area contributed by atoms with Crippen molar-refractivity contribution in [1.82, 2.24) is 25.3 Å². The van der Waals surface area contributed by atoms with Crippen molar-refractivity contribution in [3.8, 4) is 17.1 Å². The molecule has 2 heterocycles. The van der Waals surface area contributed by atoms with Crippen molar-refractivity contribution < 1.29 is 17.9 Å². The zero-order valence-electron chi connectivity index (χ0n) is 19.5. The van der Waals surface area contributed by atoms with Gasteiger partial charge in [0, 0.05) is 23.9 Å². The number of aromatic nitrogens is 2. The summed E-state index contributed by atoms with van der Waals surface area (Å²) in [5.41, 5.74) is 5.56. The lowest BCUT2D eigenvalue weighted by Gasteiger charge is -2.27. The Kier molecular flexibility index (Phi) is 7.67. The highest BCUT2D eigenvalue weighted by Crippen LogP contribution is 2.23. The molecule has 1 N–H and O–H groups in total. The number of benzene rings is 2. The number of allylic oxidation sites excluding steroid dienone is 2. The molecule has 1 aliphatic heterocycles. The van der Waals surface area contributed by atoms with Crippen molar-refractivity contribution in [3.05, 3.63) is 95.7 Å². The van der Waals surface area contributed by atoms with Crippen molar-refractivity contribution in [2.45, 2.75) is 13.0 Å². The molecule has 0 aliphatic carbocycles. The summed E-state index contributed by atoms with van der Waals surface area (Å²) in [6, 6.07) is 9.68.